The summed E-state index contributed by atoms with van der Waals surface area (Å²) in [5.41, 5.74) is 1.88. The summed E-state index contributed by atoms with van der Waals surface area (Å²) in [7, 11) is 0. The lowest BCUT2D eigenvalue weighted by molar-refractivity contribution is 0.858. The van der Waals surface area contributed by atoms with Crippen LogP contribution in [0.1, 0.15) is 11.1 Å². The van der Waals surface area contributed by atoms with Gasteiger partial charge in [0.25, 0.3) is 0 Å². The summed E-state index contributed by atoms with van der Waals surface area (Å²) in [4.78, 5) is 8.61. The van der Waals surface area contributed by atoms with Crippen LogP contribution >= 0.6 is 0 Å². The van der Waals surface area contributed by atoms with Crippen molar-refractivity contribution < 1.29 is 0 Å². The average Bonchev–Trinajstić information content (AvgIpc) is 2.56. The molecule has 3 rings (SSSR count). The van der Waals surface area contributed by atoms with Crippen LogP contribution in [0, 0.1) is 11.3 Å². The van der Waals surface area contributed by atoms with E-state index >= 15 is 0 Å². The van der Waals surface area contributed by atoms with Crippen molar-refractivity contribution in [3.63, 3.8) is 0 Å². The summed E-state index contributed by atoms with van der Waals surface area (Å²) in [5.74, 6) is 1.34. The lowest BCUT2D eigenvalue weighted by Gasteiger charge is -2.18. The van der Waals surface area contributed by atoms with Gasteiger partial charge in [0, 0.05) is 11.1 Å². The zero-order valence-electron chi connectivity index (χ0n) is 10.7. The molecule has 4 heteroatoms. The first-order chi connectivity index (χ1) is 9.86. The molecular weight excluding hydrogens is 248 g/mol. The predicted molar refractivity (Wildman–Crippen MR) is 78.5 cm³/mol. The molecule has 1 aliphatic heterocycles. The van der Waals surface area contributed by atoms with Crippen LogP contribution in [0.3, 0.4) is 0 Å². The number of aliphatic imine (C=N–C) groups is 2. The van der Waals surface area contributed by atoms with Crippen molar-refractivity contribution in [2.75, 3.05) is 0 Å². The Kier molecular flexibility index (Phi) is 3.25. The maximum Gasteiger partial charge on any atom is 0.230 e. The van der Waals surface area contributed by atoms with Crippen LogP contribution in [0.15, 0.2) is 70.6 Å². The molecule has 0 aliphatic carbocycles. The Morgan fingerprint density at radius 2 is 1.25 bits per heavy atom. The van der Waals surface area contributed by atoms with Crippen molar-refractivity contribution in [1.29, 1.82) is 5.26 Å². The fraction of sp³-hybridized carbons (Fsp3) is 0.0625. The molecule has 4 nitrogen and oxygen atoms in total. The van der Waals surface area contributed by atoms with Gasteiger partial charge in [-0.3, -0.25) is 0 Å². The highest BCUT2D eigenvalue weighted by atomic mass is 15.2. The van der Waals surface area contributed by atoms with E-state index in [1.54, 1.807) is 0 Å². The number of nitriles is 1. The molecule has 0 aromatic heterocycles. The van der Waals surface area contributed by atoms with E-state index in [2.05, 4.69) is 21.4 Å². The Balaban J connectivity index is 1.97. The second-order valence-corrected chi connectivity index (χ2v) is 4.32. The number of nitrogens with one attached hydrogen (secondary N) is 1. The fourth-order valence-electron chi connectivity index (χ4n) is 1.99. The van der Waals surface area contributed by atoms with Crippen molar-refractivity contribution >= 4 is 11.7 Å². The number of hydrogen-bond acceptors (Lipinski definition) is 4. The van der Waals surface area contributed by atoms with Gasteiger partial charge in [0.1, 0.15) is 17.7 Å². The number of hydrogen-bond donors (Lipinski definition) is 1. The van der Waals surface area contributed by atoms with E-state index in [1.807, 2.05) is 60.7 Å². The summed E-state index contributed by atoms with van der Waals surface area (Å²) in [6.45, 7) is 0. The van der Waals surface area contributed by atoms with Gasteiger partial charge in [0.2, 0.25) is 6.17 Å². The number of rotatable bonds is 2. The van der Waals surface area contributed by atoms with Gasteiger partial charge in [-0.25, -0.2) is 9.98 Å². The van der Waals surface area contributed by atoms with E-state index in [-0.39, 0.29) is 0 Å². The molecule has 0 atom stereocenters. The van der Waals surface area contributed by atoms with Gasteiger partial charge >= 0.3 is 0 Å². The minimum atomic E-state index is -0.707. The third-order valence-corrected chi connectivity index (χ3v) is 2.95. The van der Waals surface area contributed by atoms with Gasteiger partial charge in [-0.2, -0.15) is 5.26 Å². The van der Waals surface area contributed by atoms with Crippen LogP contribution in [0.25, 0.3) is 0 Å². The molecule has 0 saturated carbocycles. The largest absolute Gasteiger partial charge is 0.324 e. The first kappa shape index (κ1) is 12.1. The molecule has 0 fully saturated rings. The topological polar surface area (TPSA) is 60.5 Å². The van der Waals surface area contributed by atoms with Crippen LogP contribution in [-0.2, 0) is 0 Å². The van der Waals surface area contributed by atoms with Gasteiger partial charge in [0.15, 0.2) is 0 Å². The molecule has 96 valence electrons. The second-order valence-electron chi connectivity index (χ2n) is 4.32. The van der Waals surface area contributed by atoms with E-state index < -0.39 is 6.17 Å². The van der Waals surface area contributed by atoms with Crippen LogP contribution < -0.4 is 5.32 Å². The molecule has 0 spiro atoms. The standard InChI is InChI=1S/C16H12N4/c17-11-14-18-15(12-7-3-1-4-8-12)20-16(19-14)13-9-5-2-6-10-13/h1-10,14H,(H,18,19,20). The number of benzene rings is 2. The summed E-state index contributed by atoms with van der Waals surface area (Å²) in [6.07, 6.45) is -0.707. The molecule has 0 amide bonds. The Hall–Kier alpha value is -2.93. The summed E-state index contributed by atoms with van der Waals surface area (Å²) < 4.78 is 0. The third kappa shape index (κ3) is 2.43. The summed E-state index contributed by atoms with van der Waals surface area (Å²) in [6, 6.07) is 21.5. The van der Waals surface area contributed by atoms with Crippen LogP contribution in [0.2, 0.25) is 0 Å². The van der Waals surface area contributed by atoms with Gasteiger partial charge in [0.05, 0.1) is 0 Å². The van der Waals surface area contributed by atoms with E-state index in [4.69, 9.17) is 5.26 Å². The highest BCUT2D eigenvalue weighted by Crippen LogP contribution is 2.10. The van der Waals surface area contributed by atoms with E-state index in [9.17, 15) is 0 Å². The number of amidine groups is 2. The molecule has 1 heterocycles. The Morgan fingerprint density at radius 3 is 1.65 bits per heavy atom. The lowest BCUT2D eigenvalue weighted by atomic mass is 10.1. The Labute approximate surface area is 117 Å². The molecule has 20 heavy (non-hydrogen) atoms. The average molecular weight is 260 g/mol. The fourth-order valence-corrected chi connectivity index (χ4v) is 1.99. The van der Waals surface area contributed by atoms with Gasteiger partial charge in [-0.1, -0.05) is 60.7 Å². The SMILES string of the molecule is N#CC1N=C(c2ccccc2)NC(c2ccccc2)=N1. The zero-order valence-corrected chi connectivity index (χ0v) is 10.7. The van der Waals surface area contributed by atoms with Gasteiger partial charge in [-0.15, -0.1) is 0 Å². The molecule has 0 unspecified atom stereocenters. The Morgan fingerprint density at radius 1 is 0.800 bits per heavy atom. The summed E-state index contributed by atoms with van der Waals surface area (Å²) >= 11 is 0. The minimum Gasteiger partial charge on any atom is -0.324 e. The molecule has 0 radical (unpaired) electrons. The normalized spacial score (nSPS) is 14.8. The highest BCUT2D eigenvalue weighted by molar-refractivity contribution is 6.15. The maximum absolute atomic E-state index is 9.13. The smallest absolute Gasteiger partial charge is 0.230 e. The van der Waals surface area contributed by atoms with Crippen molar-refractivity contribution in [1.82, 2.24) is 5.32 Å². The summed E-state index contributed by atoms with van der Waals surface area (Å²) in [5, 5.41) is 12.3. The second kappa shape index (κ2) is 5.37. The highest BCUT2D eigenvalue weighted by Gasteiger charge is 2.17. The van der Waals surface area contributed by atoms with Crippen LogP contribution in [0.4, 0.5) is 0 Å². The first-order valence-electron chi connectivity index (χ1n) is 6.30. The van der Waals surface area contributed by atoms with Gasteiger partial charge in [-0.05, 0) is 0 Å². The molecule has 1 N–H and O–H groups in total. The quantitative estimate of drug-likeness (QED) is 0.900. The maximum atomic E-state index is 9.13. The molecule has 0 bridgehead atoms. The third-order valence-electron chi connectivity index (χ3n) is 2.95. The zero-order chi connectivity index (χ0) is 13.8. The number of nitrogens with zero attached hydrogens (tertiary/aromatic N) is 3. The monoisotopic (exact) mass is 260 g/mol. The molecule has 2 aromatic carbocycles. The van der Waals surface area contributed by atoms with E-state index in [0.717, 1.165) is 11.1 Å². The minimum absolute atomic E-state index is 0.672. The molecular formula is C16H12N4. The lowest BCUT2D eigenvalue weighted by Crippen LogP contribution is -2.37. The van der Waals surface area contributed by atoms with Gasteiger partial charge < -0.3 is 5.32 Å². The van der Waals surface area contributed by atoms with Crippen molar-refractivity contribution in [3.8, 4) is 6.07 Å². The van der Waals surface area contributed by atoms with Crippen LogP contribution in [0.5, 0.6) is 0 Å². The van der Waals surface area contributed by atoms with Crippen molar-refractivity contribution in [2.45, 2.75) is 6.17 Å². The molecule has 1 aliphatic rings. The van der Waals surface area contributed by atoms with E-state index in [0.29, 0.717) is 11.7 Å². The molecule has 2 aromatic rings. The Bertz CT molecular complexity index is 641. The van der Waals surface area contributed by atoms with Crippen LogP contribution in [-0.4, -0.2) is 17.8 Å². The van der Waals surface area contributed by atoms with Crippen molar-refractivity contribution in [3.05, 3.63) is 71.8 Å². The molecule has 0 saturated heterocycles. The predicted octanol–water partition coefficient (Wildman–Crippen LogP) is 2.33. The van der Waals surface area contributed by atoms with E-state index in [1.165, 1.54) is 0 Å². The first-order valence-corrected chi connectivity index (χ1v) is 6.30. The van der Waals surface area contributed by atoms with Crippen molar-refractivity contribution in [2.24, 2.45) is 9.98 Å².